The van der Waals surface area contributed by atoms with E-state index >= 15 is 0 Å². The van der Waals surface area contributed by atoms with Crippen LogP contribution in [0.5, 0.6) is 0 Å². The Labute approximate surface area is 123 Å². The van der Waals surface area contributed by atoms with Crippen LogP contribution in [0, 0.1) is 19.8 Å². The first-order valence-corrected chi connectivity index (χ1v) is 7.45. The van der Waals surface area contributed by atoms with Gasteiger partial charge in [-0.25, -0.2) is 9.97 Å². The van der Waals surface area contributed by atoms with E-state index in [1.54, 1.807) is 0 Å². The molecule has 0 saturated heterocycles. The number of nitrogens with one attached hydrogen (secondary N) is 1. The lowest BCUT2D eigenvalue weighted by molar-refractivity contribution is -0.0210. The van der Waals surface area contributed by atoms with Gasteiger partial charge in [-0.2, -0.15) is 0 Å². The Balaban J connectivity index is 3.03. The van der Waals surface area contributed by atoms with Gasteiger partial charge in [-0.3, -0.25) is 0 Å². The van der Waals surface area contributed by atoms with E-state index in [1.807, 2.05) is 27.8 Å². The monoisotopic (exact) mass is 279 g/mol. The van der Waals surface area contributed by atoms with Crippen LogP contribution in [0.15, 0.2) is 0 Å². The summed E-state index contributed by atoms with van der Waals surface area (Å²) in [4.78, 5) is 9.36. The van der Waals surface area contributed by atoms with Crippen molar-refractivity contribution in [3.63, 3.8) is 0 Å². The molecule has 1 rings (SSSR count). The lowest BCUT2D eigenvalue weighted by Gasteiger charge is -2.25. The van der Waals surface area contributed by atoms with Crippen molar-refractivity contribution in [3.05, 3.63) is 22.8 Å². The van der Waals surface area contributed by atoms with Gasteiger partial charge in [0, 0.05) is 18.0 Å². The third kappa shape index (κ3) is 4.25. The first kappa shape index (κ1) is 17.1. The minimum absolute atomic E-state index is 0.431. The third-order valence-electron chi connectivity index (χ3n) is 3.57. The van der Waals surface area contributed by atoms with Gasteiger partial charge in [0.1, 0.15) is 5.60 Å². The number of hydrogen-bond acceptors (Lipinski definition) is 4. The van der Waals surface area contributed by atoms with Crippen molar-refractivity contribution < 1.29 is 4.74 Å². The zero-order chi connectivity index (χ0) is 15.3. The maximum Gasteiger partial charge on any atom is 0.160 e. The lowest BCUT2D eigenvalue weighted by atomic mass is 9.98. The molecule has 1 heterocycles. The first-order chi connectivity index (χ1) is 9.31. The molecule has 1 N–H and O–H groups in total. The van der Waals surface area contributed by atoms with E-state index in [0.29, 0.717) is 12.5 Å². The first-order valence-electron chi connectivity index (χ1n) is 7.45. The zero-order valence-electron chi connectivity index (χ0n) is 14.0. The Morgan fingerprint density at radius 2 is 1.75 bits per heavy atom. The van der Waals surface area contributed by atoms with Crippen LogP contribution in [0.2, 0.25) is 0 Å². The molecule has 4 nitrogen and oxygen atoms in total. The van der Waals surface area contributed by atoms with Gasteiger partial charge in [-0.1, -0.05) is 6.92 Å². The molecule has 0 amide bonds. The molecular formula is C16H29N3O. The van der Waals surface area contributed by atoms with Gasteiger partial charge in [-0.15, -0.1) is 0 Å². The SMILES string of the molecule is CCOC(C)(C)c1nc(C)c(CC(C)CNC)c(C)n1. The number of hydrogen-bond donors (Lipinski definition) is 1. The Morgan fingerprint density at radius 3 is 2.20 bits per heavy atom. The molecule has 1 aromatic heterocycles. The maximum absolute atomic E-state index is 5.75. The van der Waals surface area contributed by atoms with Gasteiger partial charge in [0.25, 0.3) is 0 Å². The van der Waals surface area contributed by atoms with Gasteiger partial charge < -0.3 is 10.1 Å². The highest BCUT2D eigenvalue weighted by atomic mass is 16.5. The molecule has 20 heavy (non-hydrogen) atoms. The van der Waals surface area contributed by atoms with Crippen LogP contribution in [0.3, 0.4) is 0 Å². The van der Waals surface area contributed by atoms with Crippen molar-refractivity contribution in [1.29, 1.82) is 0 Å². The standard InChI is InChI=1S/C16H29N3O/c1-8-20-16(5,6)15-18-12(3)14(13(4)19-15)9-11(2)10-17-7/h11,17H,8-10H2,1-7H3. The number of aromatic nitrogens is 2. The Morgan fingerprint density at radius 1 is 1.20 bits per heavy atom. The summed E-state index contributed by atoms with van der Waals surface area (Å²) in [5.74, 6) is 1.35. The van der Waals surface area contributed by atoms with Crippen LogP contribution in [0.4, 0.5) is 0 Å². The quantitative estimate of drug-likeness (QED) is 0.833. The van der Waals surface area contributed by atoms with Gasteiger partial charge >= 0.3 is 0 Å². The fourth-order valence-electron chi connectivity index (χ4n) is 2.50. The summed E-state index contributed by atoms with van der Waals surface area (Å²) in [5, 5.41) is 3.22. The molecule has 0 saturated carbocycles. The summed E-state index contributed by atoms with van der Waals surface area (Å²) < 4.78 is 5.75. The minimum atomic E-state index is -0.431. The van der Waals surface area contributed by atoms with Crippen molar-refractivity contribution in [2.24, 2.45) is 5.92 Å². The lowest BCUT2D eigenvalue weighted by Crippen LogP contribution is -2.26. The van der Waals surface area contributed by atoms with E-state index in [2.05, 4.69) is 36.1 Å². The van der Waals surface area contributed by atoms with E-state index in [4.69, 9.17) is 4.74 Å². The fourth-order valence-corrected chi connectivity index (χ4v) is 2.50. The smallest absolute Gasteiger partial charge is 0.160 e. The highest BCUT2D eigenvalue weighted by molar-refractivity contribution is 5.26. The molecular weight excluding hydrogens is 250 g/mol. The molecule has 0 aliphatic heterocycles. The summed E-state index contributed by atoms with van der Waals surface area (Å²) in [6.07, 6.45) is 1.01. The van der Waals surface area contributed by atoms with Crippen LogP contribution in [0.1, 0.15) is 50.5 Å². The highest BCUT2D eigenvalue weighted by Crippen LogP contribution is 2.24. The predicted octanol–water partition coefficient (Wildman–Crippen LogP) is 2.76. The summed E-state index contributed by atoms with van der Waals surface area (Å²) in [5.41, 5.74) is 2.98. The molecule has 4 heteroatoms. The zero-order valence-corrected chi connectivity index (χ0v) is 14.0. The molecule has 1 aromatic rings. The minimum Gasteiger partial charge on any atom is -0.368 e. The van der Waals surface area contributed by atoms with Crippen LogP contribution >= 0.6 is 0 Å². The second-order valence-electron chi connectivity index (χ2n) is 6.01. The molecule has 0 fully saturated rings. The van der Waals surface area contributed by atoms with Gasteiger partial charge in [-0.05, 0) is 66.1 Å². The Kier molecular flexibility index (Phi) is 6.08. The molecule has 1 atom stereocenters. The largest absolute Gasteiger partial charge is 0.368 e. The van der Waals surface area contributed by atoms with E-state index in [-0.39, 0.29) is 0 Å². The average molecular weight is 279 g/mol. The van der Waals surface area contributed by atoms with E-state index in [0.717, 1.165) is 30.2 Å². The second kappa shape index (κ2) is 7.14. The van der Waals surface area contributed by atoms with E-state index in [1.165, 1.54) is 5.56 Å². The van der Waals surface area contributed by atoms with Crippen molar-refractivity contribution in [2.45, 2.75) is 53.6 Å². The number of rotatable bonds is 7. The van der Waals surface area contributed by atoms with E-state index < -0.39 is 5.60 Å². The molecule has 0 radical (unpaired) electrons. The fraction of sp³-hybridized carbons (Fsp3) is 0.750. The number of nitrogens with zero attached hydrogens (tertiary/aromatic N) is 2. The van der Waals surface area contributed by atoms with Crippen molar-refractivity contribution in [2.75, 3.05) is 20.2 Å². The van der Waals surface area contributed by atoms with Crippen LogP contribution in [0.25, 0.3) is 0 Å². The molecule has 0 spiro atoms. The van der Waals surface area contributed by atoms with Crippen molar-refractivity contribution in [1.82, 2.24) is 15.3 Å². The molecule has 0 bridgehead atoms. The average Bonchev–Trinajstić information content (AvgIpc) is 2.33. The number of aryl methyl sites for hydroxylation is 2. The molecule has 0 aliphatic carbocycles. The summed E-state index contributed by atoms with van der Waals surface area (Å²) in [6, 6.07) is 0. The van der Waals surface area contributed by atoms with E-state index in [9.17, 15) is 0 Å². The normalized spacial score (nSPS) is 13.6. The van der Waals surface area contributed by atoms with Gasteiger partial charge in [0.15, 0.2) is 5.82 Å². The van der Waals surface area contributed by atoms with Crippen molar-refractivity contribution >= 4 is 0 Å². The summed E-state index contributed by atoms with van der Waals surface area (Å²) in [6.45, 7) is 14.1. The van der Waals surface area contributed by atoms with Gasteiger partial charge in [0.2, 0.25) is 0 Å². The van der Waals surface area contributed by atoms with Gasteiger partial charge in [0.05, 0.1) is 0 Å². The van der Waals surface area contributed by atoms with Crippen LogP contribution in [-0.4, -0.2) is 30.2 Å². The van der Waals surface area contributed by atoms with Crippen molar-refractivity contribution in [3.8, 4) is 0 Å². The predicted molar refractivity (Wildman–Crippen MR) is 83.0 cm³/mol. The maximum atomic E-state index is 5.75. The number of ether oxygens (including phenoxy) is 1. The molecule has 0 aliphatic rings. The summed E-state index contributed by atoms with van der Waals surface area (Å²) >= 11 is 0. The Bertz CT molecular complexity index is 420. The van der Waals surface area contributed by atoms with Crippen LogP contribution < -0.4 is 5.32 Å². The third-order valence-corrected chi connectivity index (χ3v) is 3.57. The second-order valence-corrected chi connectivity index (χ2v) is 6.01. The highest BCUT2D eigenvalue weighted by Gasteiger charge is 2.25. The molecule has 0 aromatic carbocycles. The molecule has 114 valence electrons. The Hall–Kier alpha value is -1.00. The topological polar surface area (TPSA) is 47.0 Å². The van der Waals surface area contributed by atoms with Crippen LogP contribution in [-0.2, 0) is 16.8 Å². The molecule has 1 unspecified atom stereocenters. The summed E-state index contributed by atoms with van der Waals surface area (Å²) in [7, 11) is 1.99.